The van der Waals surface area contributed by atoms with Gasteiger partial charge in [0.1, 0.15) is 0 Å². The molecule has 0 saturated heterocycles. The Labute approximate surface area is 139 Å². The highest BCUT2D eigenvalue weighted by atomic mass is 32.2. The molecule has 0 radical (unpaired) electrons. The highest BCUT2D eigenvalue weighted by Gasteiger charge is 2.65. The molecule has 3 atom stereocenters. The highest BCUT2D eigenvalue weighted by Crippen LogP contribution is 2.60. The molecule has 3 rings (SSSR count). The van der Waals surface area contributed by atoms with Crippen LogP contribution < -0.4 is 4.72 Å². The summed E-state index contributed by atoms with van der Waals surface area (Å²) < 4.78 is 70.2. The minimum atomic E-state index is -5.13. The lowest BCUT2D eigenvalue weighted by Crippen LogP contribution is -2.65. The van der Waals surface area contributed by atoms with Crippen molar-refractivity contribution in [2.45, 2.75) is 44.8 Å². The Morgan fingerprint density at radius 1 is 1.42 bits per heavy atom. The average molecular weight is 369 g/mol. The first-order valence-electron chi connectivity index (χ1n) is 7.57. The van der Waals surface area contributed by atoms with Gasteiger partial charge in [-0.1, -0.05) is 25.5 Å². The van der Waals surface area contributed by atoms with Crippen LogP contribution in [0.4, 0.5) is 13.2 Å². The number of carbonyl (C=O) groups is 1. The van der Waals surface area contributed by atoms with E-state index in [1.165, 1.54) is 4.72 Å². The number of ether oxygens (including phenoxy) is 1. The van der Waals surface area contributed by atoms with E-state index >= 15 is 0 Å². The molecule has 0 aromatic carbocycles. The molecule has 1 N–H and O–H groups in total. The number of nitrogens with one attached hydrogen (secondary N) is 1. The lowest BCUT2D eigenvalue weighted by Gasteiger charge is -2.57. The first kappa shape index (κ1) is 19.2. The van der Waals surface area contributed by atoms with E-state index in [0.29, 0.717) is 24.2 Å². The van der Waals surface area contributed by atoms with E-state index in [0.717, 1.165) is 13.5 Å². The minimum absolute atomic E-state index is 0.0935. The van der Waals surface area contributed by atoms with Crippen LogP contribution in [-0.2, 0) is 19.6 Å². The van der Waals surface area contributed by atoms with Gasteiger partial charge in [0.05, 0.1) is 13.4 Å². The number of allylic oxidation sites excluding steroid dienone is 1. The molecule has 24 heavy (non-hydrogen) atoms. The molecule has 0 aliphatic heterocycles. The van der Waals surface area contributed by atoms with Gasteiger partial charge in [0.2, 0.25) is 15.6 Å². The Balaban J connectivity index is 2.46. The van der Waals surface area contributed by atoms with Crippen LogP contribution in [-0.4, -0.2) is 39.5 Å². The van der Waals surface area contributed by atoms with Gasteiger partial charge < -0.3 is 4.74 Å². The van der Waals surface area contributed by atoms with E-state index < -0.39 is 34.1 Å². The van der Waals surface area contributed by atoms with Crippen molar-refractivity contribution < 1.29 is 31.1 Å². The Morgan fingerprint density at radius 3 is 2.38 bits per heavy atom. The van der Waals surface area contributed by atoms with Crippen molar-refractivity contribution in [2.24, 2.45) is 17.3 Å². The van der Waals surface area contributed by atoms with Gasteiger partial charge in [0.15, 0.2) is 0 Å². The Kier molecular flexibility index (Phi) is 4.59. The Bertz CT molecular complexity index is 669. The zero-order chi connectivity index (χ0) is 18.6. The van der Waals surface area contributed by atoms with Gasteiger partial charge in [0, 0.05) is 6.42 Å². The maximum Gasteiger partial charge on any atom is 0.418 e. The number of rotatable bonds is 5. The first-order valence-corrected chi connectivity index (χ1v) is 9.47. The quantitative estimate of drug-likeness (QED) is 0.597. The summed E-state index contributed by atoms with van der Waals surface area (Å²) in [5.41, 5.74) is -3.00. The van der Waals surface area contributed by atoms with E-state index in [9.17, 15) is 26.4 Å². The molecule has 0 heterocycles. The standard InChI is InChI=1S/C15H22F3NO4S/c1-13(2)10-6-5-9(11(13)7-10)8-14(12(20)23-3,15(16,17)18)19-24(4,21)22/h5,10-11,19H,6-8H2,1-4H3/t10-,11-,14?/m1/s1. The lowest BCUT2D eigenvalue weighted by molar-refractivity contribution is -0.208. The number of methoxy groups -OCH3 is 1. The van der Waals surface area contributed by atoms with Crippen LogP contribution in [0, 0.1) is 17.3 Å². The Morgan fingerprint density at radius 2 is 2.00 bits per heavy atom. The number of esters is 1. The molecule has 1 unspecified atom stereocenters. The van der Waals surface area contributed by atoms with Crippen molar-refractivity contribution in [1.29, 1.82) is 0 Å². The largest absolute Gasteiger partial charge is 0.467 e. The van der Waals surface area contributed by atoms with Crippen LogP contribution in [0.15, 0.2) is 11.6 Å². The molecule has 5 nitrogen and oxygen atoms in total. The van der Waals surface area contributed by atoms with Crippen molar-refractivity contribution in [1.82, 2.24) is 4.72 Å². The second kappa shape index (κ2) is 5.72. The second-order valence-corrected chi connectivity index (χ2v) is 9.02. The smallest absolute Gasteiger partial charge is 0.418 e. The predicted octanol–water partition coefficient (Wildman–Crippen LogP) is 2.39. The first-order chi connectivity index (χ1) is 10.7. The van der Waals surface area contributed by atoms with Gasteiger partial charge in [-0.05, 0) is 30.1 Å². The molecule has 3 aliphatic carbocycles. The van der Waals surface area contributed by atoms with Gasteiger partial charge >= 0.3 is 12.1 Å². The summed E-state index contributed by atoms with van der Waals surface area (Å²) in [5, 5.41) is 0. The monoisotopic (exact) mass is 369 g/mol. The molecule has 0 amide bonds. The maximum atomic E-state index is 13.8. The van der Waals surface area contributed by atoms with Crippen LogP contribution in [0.25, 0.3) is 0 Å². The number of sulfonamides is 1. The van der Waals surface area contributed by atoms with Crippen LogP contribution in [0.2, 0.25) is 0 Å². The van der Waals surface area contributed by atoms with Gasteiger partial charge in [-0.2, -0.15) is 17.9 Å². The topological polar surface area (TPSA) is 72.5 Å². The normalized spacial score (nSPS) is 28.4. The highest BCUT2D eigenvalue weighted by molar-refractivity contribution is 7.88. The van der Waals surface area contributed by atoms with Crippen LogP contribution in [0.3, 0.4) is 0 Å². The summed E-state index contributed by atoms with van der Waals surface area (Å²) in [4.78, 5) is 12.0. The number of halogens is 3. The summed E-state index contributed by atoms with van der Waals surface area (Å²) >= 11 is 0. The second-order valence-electron chi connectivity index (χ2n) is 7.27. The molecule has 2 bridgehead atoms. The fraction of sp³-hybridized carbons (Fsp3) is 0.800. The minimum Gasteiger partial charge on any atom is -0.467 e. The van der Waals surface area contributed by atoms with Crippen molar-refractivity contribution in [3.05, 3.63) is 11.6 Å². The van der Waals surface area contributed by atoms with Crippen molar-refractivity contribution in [3.63, 3.8) is 0 Å². The zero-order valence-electron chi connectivity index (χ0n) is 14.0. The van der Waals surface area contributed by atoms with Crippen molar-refractivity contribution >= 4 is 16.0 Å². The molecule has 0 spiro atoms. The number of alkyl halides is 3. The van der Waals surface area contributed by atoms with Gasteiger partial charge in [0.25, 0.3) is 0 Å². The fourth-order valence-corrected chi connectivity index (χ4v) is 4.80. The van der Waals surface area contributed by atoms with Gasteiger partial charge in [-0.3, -0.25) is 0 Å². The number of fused-ring (bicyclic) bond motifs is 1. The SMILES string of the molecule is COC(=O)C(CC1=CC[C@@H]2C[C@H]1C2(C)C)(NS(C)(=O)=O)C(F)(F)F. The van der Waals surface area contributed by atoms with E-state index in [4.69, 9.17) is 0 Å². The van der Waals surface area contributed by atoms with E-state index in [2.05, 4.69) is 4.74 Å². The predicted molar refractivity (Wildman–Crippen MR) is 81.5 cm³/mol. The molecule has 1 fully saturated rings. The summed E-state index contributed by atoms with van der Waals surface area (Å²) in [6.45, 7) is 3.96. The third-order valence-electron chi connectivity index (χ3n) is 5.43. The van der Waals surface area contributed by atoms with E-state index in [-0.39, 0.29) is 11.3 Å². The van der Waals surface area contributed by atoms with Crippen LogP contribution in [0.5, 0.6) is 0 Å². The summed E-state index contributed by atoms with van der Waals surface area (Å²) in [6.07, 6.45) is -2.21. The third-order valence-corrected chi connectivity index (χ3v) is 6.15. The average Bonchev–Trinajstić information content (AvgIpc) is 2.42. The molecule has 0 aromatic rings. The van der Waals surface area contributed by atoms with Crippen molar-refractivity contribution in [2.75, 3.05) is 13.4 Å². The molecular formula is C15H22F3NO4S. The van der Waals surface area contributed by atoms with Gasteiger partial charge in [-0.15, -0.1) is 0 Å². The molecule has 3 aliphatic rings. The lowest BCUT2D eigenvalue weighted by atomic mass is 9.48. The number of carbonyl (C=O) groups excluding carboxylic acids is 1. The summed E-state index contributed by atoms with van der Waals surface area (Å²) in [5.74, 6) is -1.34. The van der Waals surface area contributed by atoms with Gasteiger partial charge in [-0.25, -0.2) is 13.2 Å². The molecule has 0 aromatic heterocycles. The number of hydrogen-bond donors (Lipinski definition) is 1. The van der Waals surface area contributed by atoms with E-state index in [1.54, 1.807) is 6.08 Å². The van der Waals surface area contributed by atoms with Crippen LogP contribution >= 0.6 is 0 Å². The fourth-order valence-electron chi connectivity index (χ4n) is 3.90. The van der Waals surface area contributed by atoms with Crippen LogP contribution in [0.1, 0.15) is 33.1 Å². The molecule has 138 valence electrons. The van der Waals surface area contributed by atoms with E-state index in [1.807, 2.05) is 13.8 Å². The maximum absolute atomic E-state index is 13.8. The third kappa shape index (κ3) is 3.08. The summed E-state index contributed by atoms with van der Waals surface area (Å²) in [7, 11) is -3.49. The molecular weight excluding hydrogens is 347 g/mol. The Hall–Kier alpha value is -1.09. The summed E-state index contributed by atoms with van der Waals surface area (Å²) in [6, 6.07) is 0. The molecule has 9 heteroatoms. The number of hydrogen-bond acceptors (Lipinski definition) is 4. The van der Waals surface area contributed by atoms with Crippen molar-refractivity contribution in [3.8, 4) is 0 Å². The molecule has 1 saturated carbocycles. The zero-order valence-corrected chi connectivity index (χ0v) is 14.8.